The van der Waals surface area contributed by atoms with Crippen molar-refractivity contribution in [3.05, 3.63) is 23.8 Å². The predicted molar refractivity (Wildman–Crippen MR) is 77.2 cm³/mol. The van der Waals surface area contributed by atoms with E-state index >= 15 is 0 Å². The van der Waals surface area contributed by atoms with Gasteiger partial charge >= 0.3 is 6.36 Å². The van der Waals surface area contributed by atoms with Crippen LogP contribution in [0.5, 0.6) is 11.5 Å². The lowest BCUT2D eigenvalue weighted by Gasteiger charge is -2.34. The first-order chi connectivity index (χ1) is 9.81. The van der Waals surface area contributed by atoms with E-state index in [0.717, 1.165) is 25.3 Å². The molecule has 126 valence electrons. The van der Waals surface area contributed by atoms with Gasteiger partial charge in [0.15, 0.2) is 0 Å². The summed E-state index contributed by atoms with van der Waals surface area (Å²) in [7, 11) is 1.39. The Bertz CT molecular complexity index is 495. The first-order valence-electron chi connectivity index (χ1n) is 6.69. The fourth-order valence-electron chi connectivity index (χ4n) is 2.43. The van der Waals surface area contributed by atoms with Crippen molar-refractivity contribution in [1.82, 2.24) is 0 Å². The van der Waals surface area contributed by atoms with E-state index in [1.54, 1.807) is 0 Å². The van der Waals surface area contributed by atoms with Crippen LogP contribution in [0.1, 0.15) is 30.9 Å². The standard InChI is InChI=1S/C14H18F3NO3.ClH/c1-20-11-6-5-9(21-14(15,16)17)7-10(11)12(18)13(19)8-3-2-4-8;/h5-8,12-13,19H,2-4,18H2,1H3;1H/t12-,13+;/m0./s1. The highest BCUT2D eigenvalue weighted by molar-refractivity contribution is 5.85. The lowest BCUT2D eigenvalue weighted by atomic mass is 9.77. The second-order valence-corrected chi connectivity index (χ2v) is 5.16. The van der Waals surface area contributed by atoms with Crippen LogP contribution < -0.4 is 15.2 Å². The number of hydrogen-bond donors (Lipinski definition) is 2. The number of benzene rings is 1. The molecule has 1 aliphatic rings. The van der Waals surface area contributed by atoms with E-state index in [1.807, 2.05) is 0 Å². The molecule has 0 unspecified atom stereocenters. The fourth-order valence-corrected chi connectivity index (χ4v) is 2.43. The molecule has 1 aromatic rings. The van der Waals surface area contributed by atoms with Gasteiger partial charge in [0.1, 0.15) is 11.5 Å². The van der Waals surface area contributed by atoms with Crippen molar-refractivity contribution in [3.63, 3.8) is 0 Å². The van der Waals surface area contributed by atoms with Crippen LogP contribution in [0, 0.1) is 5.92 Å². The first kappa shape index (κ1) is 18.9. The third-order valence-corrected chi connectivity index (χ3v) is 3.79. The van der Waals surface area contributed by atoms with E-state index in [2.05, 4.69) is 4.74 Å². The lowest BCUT2D eigenvalue weighted by Crippen LogP contribution is -2.36. The topological polar surface area (TPSA) is 64.7 Å². The Kier molecular flexibility index (Phi) is 6.34. The van der Waals surface area contributed by atoms with Gasteiger partial charge in [-0.1, -0.05) is 6.42 Å². The molecule has 4 nitrogen and oxygen atoms in total. The summed E-state index contributed by atoms with van der Waals surface area (Å²) in [4.78, 5) is 0. The minimum Gasteiger partial charge on any atom is -0.496 e. The van der Waals surface area contributed by atoms with Crippen LogP contribution >= 0.6 is 12.4 Å². The van der Waals surface area contributed by atoms with E-state index in [1.165, 1.54) is 19.2 Å². The van der Waals surface area contributed by atoms with Crippen LogP contribution in [-0.2, 0) is 0 Å². The summed E-state index contributed by atoms with van der Waals surface area (Å²) in [5, 5.41) is 10.2. The number of methoxy groups -OCH3 is 1. The summed E-state index contributed by atoms with van der Waals surface area (Å²) in [6.45, 7) is 0. The van der Waals surface area contributed by atoms with Crippen molar-refractivity contribution in [3.8, 4) is 11.5 Å². The summed E-state index contributed by atoms with van der Waals surface area (Å²) in [5.74, 6) is 0.0295. The third kappa shape index (κ3) is 4.41. The molecule has 1 saturated carbocycles. The summed E-state index contributed by atoms with van der Waals surface area (Å²) in [5.41, 5.74) is 6.30. The van der Waals surface area contributed by atoms with Gasteiger partial charge in [0.2, 0.25) is 0 Å². The molecule has 0 amide bonds. The monoisotopic (exact) mass is 341 g/mol. The van der Waals surface area contributed by atoms with Crippen molar-refractivity contribution in [2.75, 3.05) is 7.11 Å². The highest BCUT2D eigenvalue weighted by Crippen LogP contribution is 2.38. The molecular weight excluding hydrogens is 323 g/mol. The molecule has 2 rings (SSSR count). The van der Waals surface area contributed by atoms with Gasteiger partial charge in [0.05, 0.1) is 19.3 Å². The highest BCUT2D eigenvalue weighted by atomic mass is 35.5. The SMILES string of the molecule is COc1ccc(OC(F)(F)F)cc1[C@H](N)[C@H](O)C1CCC1.Cl. The minimum absolute atomic E-state index is 0. The van der Waals surface area contributed by atoms with Crippen LogP contribution in [0.2, 0.25) is 0 Å². The number of aliphatic hydroxyl groups is 1. The van der Waals surface area contributed by atoms with Crippen molar-refractivity contribution in [2.45, 2.75) is 37.8 Å². The number of rotatable bonds is 5. The molecule has 0 spiro atoms. The largest absolute Gasteiger partial charge is 0.573 e. The molecule has 1 aromatic carbocycles. The van der Waals surface area contributed by atoms with Crippen molar-refractivity contribution < 1.29 is 27.8 Å². The first-order valence-corrected chi connectivity index (χ1v) is 6.69. The molecule has 0 radical (unpaired) electrons. The average Bonchev–Trinajstić information content (AvgIpc) is 2.33. The Labute approximate surface area is 132 Å². The van der Waals surface area contributed by atoms with E-state index < -0.39 is 18.5 Å². The zero-order valence-corrected chi connectivity index (χ0v) is 12.8. The van der Waals surface area contributed by atoms with Gasteiger partial charge in [0, 0.05) is 5.56 Å². The van der Waals surface area contributed by atoms with Gasteiger partial charge in [-0.3, -0.25) is 0 Å². The second kappa shape index (κ2) is 7.39. The molecule has 0 aliphatic heterocycles. The average molecular weight is 342 g/mol. The van der Waals surface area contributed by atoms with Crippen LogP contribution in [-0.4, -0.2) is 24.7 Å². The van der Waals surface area contributed by atoms with Crippen molar-refractivity contribution >= 4 is 12.4 Å². The number of aliphatic hydroxyl groups excluding tert-OH is 1. The third-order valence-electron chi connectivity index (χ3n) is 3.79. The number of nitrogens with two attached hydrogens (primary N) is 1. The molecule has 0 saturated heterocycles. The maximum Gasteiger partial charge on any atom is 0.573 e. The number of alkyl halides is 3. The maximum atomic E-state index is 12.3. The van der Waals surface area contributed by atoms with E-state index in [9.17, 15) is 18.3 Å². The molecule has 2 atom stereocenters. The number of ether oxygens (including phenoxy) is 2. The molecule has 22 heavy (non-hydrogen) atoms. The Balaban J connectivity index is 0.00000242. The van der Waals surface area contributed by atoms with Crippen molar-refractivity contribution in [1.29, 1.82) is 0 Å². The van der Waals surface area contributed by atoms with Gasteiger partial charge in [-0.25, -0.2) is 0 Å². The minimum atomic E-state index is -4.78. The Morgan fingerprint density at radius 2 is 1.95 bits per heavy atom. The number of halogens is 4. The Hall–Kier alpha value is -1.18. The van der Waals surface area contributed by atoms with Crippen LogP contribution in [0.25, 0.3) is 0 Å². The Morgan fingerprint density at radius 3 is 2.41 bits per heavy atom. The summed E-state index contributed by atoms with van der Waals surface area (Å²) < 4.78 is 45.8. The second-order valence-electron chi connectivity index (χ2n) is 5.16. The summed E-state index contributed by atoms with van der Waals surface area (Å²) in [6, 6.07) is 2.85. The number of hydrogen-bond acceptors (Lipinski definition) is 4. The summed E-state index contributed by atoms with van der Waals surface area (Å²) >= 11 is 0. The highest BCUT2D eigenvalue weighted by Gasteiger charge is 2.34. The van der Waals surface area contributed by atoms with Gasteiger partial charge in [0.25, 0.3) is 0 Å². The molecule has 0 bridgehead atoms. The molecule has 3 N–H and O–H groups in total. The predicted octanol–water partition coefficient (Wildman–Crippen LogP) is 3.18. The normalized spacial score (nSPS) is 17.9. The van der Waals surface area contributed by atoms with Gasteiger partial charge in [-0.05, 0) is 37.0 Å². The Morgan fingerprint density at radius 1 is 1.32 bits per heavy atom. The molecule has 0 aromatic heterocycles. The smallest absolute Gasteiger partial charge is 0.496 e. The van der Waals surface area contributed by atoms with E-state index in [-0.39, 0.29) is 24.1 Å². The van der Waals surface area contributed by atoms with Gasteiger partial charge < -0.3 is 20.3 Å². The van der Waals surface area contributed by atoms with Gasteiger partial charge in [-0.15, -0.1) is 25.6 Å². The van der Waals surface area contributed by atoms with Crippen molar-refractivity contribution in [2.24, 2.45) is 11.7 Å². The molecule has 0 heterocycles. The molecule has 1 fully saturated rings. The molecular formula is C14H19ClF3NO3. The van der Waals surface area contributed by atoms with Gasteiger partial charge in [-0.2, -0.15) is 0 Å². The maximum absolute atomic E-state index is 12.3. The van der Waals surface area contributed by atoms with E-state index in [4.69, 9.17) is 10.5 Å². The zero-order chi connectivity index (χ0) is 15.6. The molecule has 1 aliphatic carbocycles. The lowest BCUT2D eigenvalue weighted by molar-refractivity contribution is -0.274. The van der Waals surface area contributed by atoms with Crippen LogP contribution in [0.4, 0.5) is 13.2 Å². The quantitative estimate of drug-likeness (QED) is 0.863. The zero-order valence-electron chi connectivity index (χ0n) is 12.0. The summed E-state index contributed by atoms with van der Waals surface area (Å²) in [6.07, 6.45) is -2.81. The fraction of sp³-hybridized carbons (Fsp3) is 0.571. The van der Waals surface area contributed by atoms with Crippen LogP contribution in [0.3, 0.4) is 0 Å². The van der Waals surface area contributed by atoms with Crippen LogP contribution in [0.15, 0.2) is 18.2 Å². The molecule has 8 heteroatoms. The van der Waals surface area contributed by atoms with E-state index in [0.29, 0.717) is 11.3 Å².